The highest BCUT2D eigenvalue weighted by Crippen LogP contribution is 2.58. The van der Waals surface area contributed by atoms with Crippen LogP contribution >= 0.6 is 0 Å². The molecule has 0 saturated heterocycles. The number of ether oxygens (including phenoxy) is 2. The smallest absolute Gasteiger partial charge is 0.303 e. The number of fused-ring (bicyclic) bond motifs is 3. The molecule has 204 valence electrons. The maximum Gasteiger partial charge on any atom is 0.303 e. The lowest BCUT2D eigenvalue weighted by atomic mass is 9.50. The minimum atomic E-state index is -0.681. The first kappa shape index (κ1) is 28.9. The Morgan fingerprint density at radius 3 is 2.33 bits per heavy atom. The summed E-state index contributed by atoms with van der Waals surface area (Å²) < 4.78 is 11.4. The molecule has 0 bridgehead atoms. The van der Waals surface area contributed by atoms with Gasteiger partial charge in [-0.2, -0.15) is 0 Å². The molecule has 3 aliphatic rings. The van der Waals surface area contributed by atoms with Gasteiger partial charge in [-0.05, 0) is 86.4 Å². The van der Waals surface area contributed by atoms with Crippen molar-refractivity contribution in [3.8, 4) is 0 Å². The molecule has 0 N–H and O–H groups in total. The van der Waals surface area contributed by atoms with Crippen LogP contribution in [0.15, 0.2) is 12.2 Å². The first-order chi connectivity index (χ1) is 16.9. The maximum absolute atomic E-state index is 14.0. The van der Waals surface area contributed by atoms with E-state index in [-0.39, 0.29) is 47.0 Å². The van der Waals surface area contributed by atoms with Gasteiger partial charge in [-0.3, -0.25) is 14.4 Å². The molecule has 0 amide bonds. The summed E-state index contributed by atoms with van der Waals surface area (Å²) >= 11 is 0. The number of ketones is 1. The third-order valence-corrected chi connectivity index (χ3v) is 9.86. The molecule has 0 aromatic heterocycles. The highest BCUT2D eigenvalue weighted by molar-refractivity contribution is 5.88. The Bertz CT molecular complexity index is 816. The van der Waals surface area contributed by atoms with E-state index in [9.17, 15) is 14.4 Å². The molecule has 5 nitrogen and oxygen atoms in total. The Kier molecular flexibility index (Phi) is 9.85. The molecule has 0 aliphatic heterocycles. The van der Waals surface area contributed by atoms with Crippen LogP contribution in [-0.4, -0.2) is 29.9 Å². The monoisotopic (exact) mass is 502 g/mol. The van der Waals surface area contributed by atoms with Gasteiger partial charge in [-0.1, -0.05) is 59.1 Å². The van der Waals surface area contributed by atoms with Crippen molar-refractivity contribution in [3.63, 3.8) is 0 Å². The van der Waals surface area contributed by atoms with Crippen molar-refractivity contribution in [2.75, 3.05) is 0 Å². The standard InChI is InChI=1S/C31H50O5/c1-19(2)9-8-10-20(3)27-18-29(36-23(6)33)30(34)26-13-12-24-17-25(35-22(5)32)15-16-31(24,7)28(26)14-11-21(27)4/h19-20,24-29H,4,8-18H2,1-3,5-7H3/t20-,24+,25+,26-,27-,28+,29?,31+/m1/s1. The predicted molar refractivity (Wildman–Crippen MR) is 142 cm³/mol. The lowest BCUT2D eigenvalue weighted by Crippen LogP contribution is -2.51. The first-order valence-electron chi connectivity index (χ1n) is 14.5. The summed E-state index contributed by atoms with van der Waals surface area (Å²) in [5.74, 6) is 1.44. The molecule has 1 unspecified atom stereocenters. The van der Waals surface area contributed by atoms with Crippen LogP contribution in [0.1, 0.15) is 112 Å². The van der Waals surface area contributed by atoms with Crippen molar-refractivity contribution in [1.82, 2.24) is 0 Å². The lowest BCUT2D eigenvalue weighted by Gasteiger charge is -2.55. The van der Waals surface area contributed by atoms with Gasteiger partial charge in [0.1, 0.15) is 6.10 Å². The van der Waals surface area contributed by atoms with Gasteiger partial charge in [0.25, 0.3) is 0 Å². The Morgan fingerprint density at radius 1 is 1.00 bits per heavy atom. The number of rotatable bonds is 7. The minimum Gasteiger partial charge on any atom is -0.463 e. The first-order valence-corrected chi connectivity index (χ1v) is 14.5. The van der Waals surface area contributed by atoms with E-state index >= 15 is 0 Å². The van der Waals surface area contributed by atoms with Crippen LogP contribution in [0, 0.1) is 40.9 Å². The fraction of sp³-hybridized carbons (Fsp3) is 0.839. The van der Waals surface area contributed by atoms with Gasteiger partial charge in [-0.25, -0.2) is 0 Å². The number of carbonyl (C=O) groups is 3. The van der Waals surface area contributed by atoms with Crippen LogP contribution in [0.3, 0.4) is 0 Å². The second kappa shape index (κ2) is 12.3. The molecule has 3 aliphatic carbocycles. The molecule has 3 rings (SSSR count). The Labute approximate surface area is 219 Å². The zero-order valence-electron chi connectivity index (χ0n) is 23.6. The van der Waals surface area contributed by atoms with E-state index in [1.165, 1.54) is 32.3 Å². The number of allylic oxidation sites excluding steroid dienone is 1. The van der Waals surface area contributed by atoms with Crippen LogP contribution < -0.4 is 0 Å². The molecule has 5 heteroatoms. The molecule has 0 heterocycles. The van der Waals surface area contributed by atoms with Gasteiger partial charge in [0.05, 0.1) is 0 Å². The molecule has 3 fully saturated rings. The van der Waals surface area contributed by atoms with Gasteiger partial charge in [0, 0.05) is 19.8 Å². The van der Waals surface area contributed by atoms with E-state index in [2.05, 4.69) is 34.3 Å². The molecule has 0 spiro atoms. The summed E-state index contributed by atoms with van der Waals surface area (Å²) in [5.41, 5.74) is 1.25. The SMILES string of the molecule is C=C1CC[C@H]2[C@@H](CC[C@H]3C[C@@H](OC(C)=O)CC[C@@]32C)C(=O)C(OC(C)=O)C[C@@H]1[C@H](C)CCCC(C)C. The average molecular weight is 503 g/mol. The number of hydrogen-bond donors (Lipinski definition) is 0. The summed E-state index contributed by atoms with van der Waals surface area (Å²) in [6, 6.07) is 0. The molecule has 0 radical (unpaired) electrons. The van der Waals surface area contributed by atoms with E-state index in [1.807, 2.05) is 0 Å². The van der Waals surface area contributed by atoms with Crippen LogP contribution in [0.4, 0.5) is 0 Å². The van der Waals surface area contributed by atoms with E-state index < -0.39 is 6.10 Å². The van der Waals surface area contributed by atoms with Crippen LogP contribution in [0.5, 0.6) is 0 Å². The number of Topliss-reactive ketones (excluding diaryl/α,β-unsaturated/α-hetero) is 1. The van der Waals surface area contributed by atoms with Crippen LogP contribution in [-0.2, 0) is 23.9 Å². The highest BCUT2D eigenvalue weighted by atomic mass is 16.5. The number of carbonyl (C=O) groups excluding carboxylic acids is 3. The third-order valence-electron chi connectivity index (χ3n) is 9.86. The largest absolute Gasteiger partial charge is 0.463 e. The summed E-state index contributed by atoms with van der Waals surface area (Å²) in [4.78, 5) is 37.7. The van der Waals surface area contributed by atoms with Gasteiger partial charge >= 0.3 is 11.9 Å². The molecule has 0 aromatic rings. The number of hydrogen-bond acceptors (Lipinski definition) is 5. The summed E-state index contributed by atoms with van der Waals surface area (Å²) in [6.45, 7) is 16.6. The quantitative estimate of drug-likeness (QED) is 0.275. The predicted octanol–water partition coefficient (Wildman–Crippen LogP) is 7.07. The van der Waals surface area contributed by atoms with Gasteiger partial charge < -0.3 is 9.47 Å². The van der Waals surface area contributed by atoms with Gasteiger partial charge in [-0.15, -0.1) is 0 Å². The number of esters is 2. The summed E-state index contributed by atoms with van der Waals surface area (Å²) in [7, 11) is 0. The van der Waals surface area contributed by atoms with Crippen LogP contribution in [0.25, 0.3) is 0 Å². The van der Waals surface area contributed by atoms with Crippen molar-refractivity contribution in [2.24, 2.45) is 40.9 Å². The minimum absolute atomic E-state index is 0.0102. The van der Waals surface area contributed by atoms with Crippen molar-refractivity contribution in [2.45, 2.75) is 124 Å². The van der Waals surface area contributed by atoms with Crippen molar-refractivity contribution in [1.29, 1.82) is 0 Å². The maximum atomic E-state index is 14.0. The average Bonchev–Trinajstić information content (AvgIpc) is 2.83. The van der Waals surface area contributed by atoms with Crippen LogP contribution in [0.2, 0.25) is 0 Å². The fourth-order valence-corrected chi connectivity index (χ4v) is 7.84. The van der Waals surface area contributed by atoms with E-state index in [0.717, 1.165) is 51.4 Å². The van der Waals surface area contributed by atoms with Crippen molar-refractivity contribution < 1.29 is 23.9 Å². The van der Waals surface area contributed by atoms with E-state index in [4.69, 9.17) is 9.47 Å². The third kappa shape index (κ3) is 6.81. The topological polar surface area (TPSA) is 69.7 Å². The molecule has 0 aromatic carbocycles. The second-order valence-corrected chi connectivity index (χ2v) is 12.8. The summed E-state index contributed by atoms with van der Waals surface area (Å²) in [6.07, 6.45) is 9.74. The van der Waals surface area contributed by atoms with Crippen molar-refractivity contribution in [3.05, 3.63) is 12.2 Å². The zero-order valence-corrected chi connectivity index (χ0v) is 23.6. The molecular formula is C31H50O5. The molecular weight excluding hydrogens is 452 g/mol. The van der Waals surface area contributed by atoms with Gasteiger partial charge in [0.2, 0.25) is 0 Å². The van der Waals surface area contributed by atoms with Crippen molar-refractivity contribution >= 4 is 17.7 Å². The Hall–Kier alpha value is -1.65. The van der Waals surface area contributed by atoms with E-state index in [0.29, 0.717) is 24.2 Å². The highest BCUT2D eigenvalue weighted by Gasteiger charge is 2.54. The zero-order chi connectivity index (χ0) is 26.6. The summed E-state index contributed by atoms with van der Waals surface area (Å²) in [5, 5.41) is 0. The fourth-order valence-electron chi connectivity index (χ4n) is 7.84. The molecule has 36 heavy (non-hydrogen) atoms. The normalized spacial score (nSPS) is 36.1. The Balaban J connectivity index is 1.84. The molecule has 3 saturated carbocycles. The lowest BCUT2D eigenvalue weighted by molar-refractivity contribution is -0.163. The second-order valence-electron chi connectivity index (χ2n) is 12.8. The van der Waals surface area contributed by atoms with E-state index in [1.54, 1.807) is 0 Å². The van der Waals surface area contributed by atoms with Gasteiger partial charge in [0.15, 0.2) is 11.9 Å². The molecule has 8 atom stereocenters. The Morgan fingerprint density at radius 2 is 1.69 bits per heavy atom.